The fraction of sp³-hybridized carbons (Fsp3) is 0.643. The topological polar surface area (TPSA) is 19.4 Å². The molecule has 0 aliphatic carbocycles. The van der Waals surface area contributed by atoms with Gasteiger partial charge in [-0.3, -0.25) is 4.90 Å². The maximum atomic E-state index is 4.62. The van der Waals surface area contributed by atoms with Crippen molar-refractivity contribution in [1.29, 1.82) is 0 Å². The van der Waals surface area contributed by atoms with Crippen molar-refractivity contribution in [2.45, 2.75) is 32.1 Å². The standard InChI is InChI=1S/C14H22BrN3/c1-11(2)17-4-6-18(7-5-17)14-12(3)8-13(9-15)10-16-14/h8,10-11H,4-7,9H2,1-3H3. The molecule has 0 saturated carbocycles. The lowest BCUT2D eigenvalue weighted by Crippen LogP contribution is -2.49. The van der Waals surface area contributed by atoms with Gasteiger partial charge in [-0.1, -0.05) is 22.0 Å². The third-order valence-corrected chi connectivity index (χ3v) is 4.25. The Bertz CT molecular complexity index is 398. The minimum Gasteiger partial charge on any atom is -0.354 e. The average Bonchev–Trinajstić information content (AvgIpc) is 2.38. The summed E-state index contributed by atoms with van der Waals surface area (Å²) >= 11 is 3.48. The molecule has 1 aliphatic heterocycles. The second-order valence-electron chi connectivity index (χ2n) is 5.23. The van der Waals surface area contributed by atoms with E-state index in [1.807, 2.05) is 6.20 Å². The van der Waals surface area contributed by atoms with E-state index in [4.69, 9.17) is 0 Å². The average molecular weight is 312 g/mol. The number of alkyl halides is 1. The number of hydrogen-bond donors (Lipinski definition) is 0. The summed E-state index contributed by atoms with van der Waals surface area (Å²) in [4.78, 5) is 9.56. The van der Waals surface area contributed by atoms with Crippen molar-refractivity contribution in [1.82, 2.24) is 9.88 Å². The van der Waals surface area contributed by atoms with Crippen molar-refractivity contribution >= 4 is 21.7 Å². The van der Waals surface area contributed by atoms with Gasteiger partial charge in [-0.05, 0) is 31.9 Å². The van der Waals surface area contributed by atoms with Crippen molar-refractivity contribution in [3.63, 3.8) is 0 Å². The first-order valence-corrected chi connectivity index (χ1v) is 7.74. The molecule has 100 valence electrons. The highest BCUT2D eigenvalue weighted by Crippen LogP contribution is 2.21. The van der Waals surface area contributed by atoms with Gasteiger partial charge in [-0.15, -0.1) is 0 Å². The van der Waals surface area contributed by atoms with Crippen LogP contribution in [0.5, 0.6) is 0 Å². The second-order valence-corrected chi connectivity index (χ2v) is 5.80. The summed E-state index contributed by atoms with van der Waals surface area (Å²) in [5.41, 5.74) is 2.53. The summed E-state index contributed by atoms with van der Waals surface area (Å²) in [6.07, 6.45) is 1.98. The molecule has 0 spiro atoms. The second kappa shape index (κ2) is 6.02. The third kappa shape index (κ3) is 3.04. The van der Waals surface area contributed by atoms with Gasteiger partial charge in [0.15, 0.2) is 0 Å². The van der Waals surface area contributed by atoms with Crippen LogP contribution in [0, 0.1) is 6.92 Å². The molecular formula is C14H22BrN3. The molecule has 0 aromatic carbocycles. The van der Waals surface area contributed by atoms with E-state index in [0.717, 1.165) is 37.3 Å². The van der Waals surface area contributed by atoms with Crippen molar-refractivity contribution in [2.24, 2.45) is 0 Å². The smallest absolute Gasteiger partial charge is 0.131 e. The SMILES string of the molecule is Cc1cc(CBr)cnc1N1CCN(C(C)C)CC1. The molecule has 0 N–H and O–H groups in total. The van der Waals surface area contributed by atoms with Crippen LogP contribution in [0.4, 0.5) is 5.82 Å². The number of pyridine rings is 1. The molecule has 0 bridgehead atoms. The van der Waals surface area contributed by atoms with Gasteiger partial charge >= 0.3 is 0 Å². The number of piperazine rings is 1. The zero-order valence-corrected chi connectivity index (χ0v) is 13.1. The van der Waals surface area contributed by atoms with E-state index in [1.54, 1.807) is 0 Å². The van der Waals surface area contributed by atoms with E-state index in [9.17, 15) is 0 Å². The highest BCUT2D eigenvalue weighted by Gasteiger charge is 2.20. The number of aromatic nitrogens is 1. The Morgan fingerprint density at radius 3 is 2.44 bits per heavy atom. The van der Waals surface area contributed by atoms with Crippen molar-refractivity contribution in [2.75, 3.05) is 31.1 Å². The van der Waals surface area contributed by atoms with Crippen molar-refractivity contribution in [3.05, 3.63) is 23.4 Å². The molecule has 3 nitrogen and oxygen atoms in total. The van der Waals surface area contributed by atoms with Crippen molar-refractivity contribution < 1.29 is 0 Å². The summed E-state index contributed by atoms with van der Waals surface area (Å²) in [5.74, 6) is 1.16. The first kappa shape index (κ1) is 13.8. The fourth-order valence-corrected chi connectivity index (χ4v) is 2.79. The van der Waals surface area contributed by atoms with Gasteiger partial charge in [0.25, 0.3) is 0 Å². The van der Waals surface area contributed by atoms with Crippen LogP contribution < -0.4 is 4.90 Å². The molecule has 0 radical (unpaired) electrons. The lowest BCUT2D eigenvalue weighted by atomic mass is 10.2. The minimum absolute atomic E-state index is 0.650. The summed E-state index contributed by atoms with van der Waals surface area (Å²) in [7, 11) is 0. The van der Waals surface area contributed by atoms with Gasteiger partial charge in [0, 0.05) is 43.7 Å². The molecular weight excluding hydrogens is 290 g/mol. The van der Waals surface area contributed by atoms with Crippen LogP contribution in [-0.2, 0) is 5.33 Å². The highest BCUT2D eigenvalue weighted by molar-refractivity contribution is 9.08. The molecule has 4 heteroatoms. The van der Waals surface area contributed by atoms with Gasteiger partial charge in [0.1, 0.15) is 5.82 Å². The van der Waals surface area contributed by atoms with Crippen LogP contribution >= 0.6 is 15.9 Å². The number of nitrogens with zero attached hydrogens (tertiary/aromatic N) is 3. The first-order valence-electron chi connectivity index (χ1n) is 6.62. The monoisotopic (exact) mass is 311 g/mol. The molecule has 1 aromatic heterocycles. The van der Waals surface area contributed by atoms with E-state index in [0.29, 0.717) is 6.04 Å². The van der Waals surface area contributed by atoms with Gasteiger partial charge in [-0.2, -0.15) is 0 Å². The highest BCUT2D eigenvalue weighted by atomic mass is 79.9. The minimum atomic E-state index is 0.650. The summed E-state index contributed by atoms with van der Waals surface area (Å²) in [6.45, 7) is 11.1. The van der Waals surface area contributed by atoms with Gasteiger partial charge in [-0.25, -0.2) is 4.98 Å². The van der Waals surface area contributed by atoms with E-state index in [2.05, 4.69) is 57.6 Å². The maximum absolute atomic E-state index is 4.62. The molecule has 2 rings (SSSR count). The number of rotatable bonds is 3. The Balaban J connectivity index is 2.05. The van der Waals surface area contributed by atoms with Crippen molar-refractivity contribution in [3.8, 4) is 0 Å². The molecule has 0 atom stereocenters. The molecule has 0 amide bonds. The summed E-state index contributed by atoms with van der Waals surface area (Å²) < 4.78 is 0. The van der Waals surface area contributed by atoms with Gasteiger partial charge in [0.2, 0.25) is 0 Å². The Kier molecular flexibility index (Phi) is 4.62. The summed E-state index contributed by atoms with van der Waals surface area (Å²) in [6, 6.07) is 2.88. The first-order chi connectivity index (χ1) is 8.61. The molecule has 0 unspecified atom stereocenters. The van der Waals surface area contributed by atoms with Gasteiger partial charge in [0.05, 0.1) is 0 Å². The Labute approximate surface area is 118 Å². The molecule has 18 heavy (non-hydrogen) atoms. The quantitative estimate of drug-likeness (QED) is 0.800. The molecule has 2 heterocycles. The van der Waals surface area contributed by atoms with Crippen LogP contribution in [0.2, 0.25) is 0 Å². The molecule has 1 aliphatic rings. The lowest BCUT2D eigenvalue weighted by Gasteiger charge is -2.38. The normalized spacial score (nSPS) is 17.5. The Hall–Kier alpha value is -0.610. The predicted octanol–water partition coefficient (Wildman–Crippen LogP) is 2.82. The van der Waals surface area contributed by atoms with E-state index in [1.165, 1.54) is 11.1 Å². The Morgan fingerprint density at radius 2 is 1.94 bits per heavy atom. The van der Waals surface area contributed by atoms with Crippen LogP contribution in [0.25, 0.3) is 0 Å². The lowest BCUT2D eigenvalue weighted by molar-refractivity contribution is 0.209. The molecule has 1 aromatic rings. The van der Waals surface area contributed by atoms with Crippen LogP contribution in [0.1, 0.15) is 25.0 Å². The number of aryl methyl sites for hydroxylation is 1. The van der Waals surface area contributed by atoms with E-state index < -0.39 is 0 Å². The number of hydrogen-bond acceptors (Lipinski definition) is 3. The number of anilines is 1. The maximum Gasteiger partial charge on any atom is 0.131 e. The Morgan fingerprint density at radius 1 is 1.28 bits per heavy atom. The number of halogens is 1. The van der Waals surface area contributed by atoms with E-state index >= 15 is 0 Å². The molecule has 1 saturated heterocycles. The van der Waals surface area contributed by atoms with Gasteiger partial charge < -0.3 is 4.90 Å². The van der Waals surface area contributed by atoms with Crippen LogP contribution in [0.3, 0.4) is 0 Å². The zero-order chi connectivity index (χ0) is 13.1. The van der Waals surface area contributed by atoms with Crippen LogP contribution in [0.15, 0.2) is 12.3 Å². The predicted molar refractivity (Wildman–Crippen MR) is 80.5 cm³/mol. The van der Waals surface area contributed by atoms with E-state index in [-0.39, 0.29) is 0 Å². The molecule has 1 fully saturated rings. The zero-order valence-electron chi connectivity index (χ0n) is 11.5. The largest absolute Gasteiger partial charge is 0.354 e. The summed E-state index contributed by atoms with van der Waals surface area (Å²) in [5, 5.41) is 0.877. The fourth-order valence-electron chi connectivity index (χ4n) is 2.48. The third-order valence-electron chi connectivity index (χ3n) is 3.61. The van der Waals surface area contributed by atoms with Crippen LogP contribution in [-0.4, -0.2) is 42.1 Å².